The molecule has 0 spiro atoms. The molecule has 0 fully saturated rings. The van der Waals surface area contributed by atoms with E-state index in [0.29, 0.717) is 0 Å². The lowest BCUT2D eigenvalue weighted by Gasteiger charge is -2.16. The molecule has 1 rings (SSSR count). The fraction of sp³-hybridized carbons (Fsp3) is 0.778. The normalized spacial score (nSPS) is 13.5. The fourth-order valence-electron chi connectivity index (χ4n) is 1.44. The van der Waals surface area contributed by atoms with Crippen molar-refractivity contribution in [2.24, 2.45) is 11.7 Å². The van der Waals surface area contributed by atoms with E-state index in [1.165, 1.54) is 24.4 Å². The van der Waals surface area contributed by atoms with Gasteiger partial charge in [0.25, 0.3) is 0 Å². The van der Waals surface area contributed by atoms with E-state index >= 15 is 0 Å². The van der Waals surface area contributed by atoms with Crippen molar-refractivity contribution in [1.82, 2.24) is 9.59 Å². The summed E-state index contributed by atoms with van der Waals surface area (Å²) in [5, 5.41) is 3.79. The molecule has 3 nitrogen and oxygen atoms in total. The van der Waals surface area contributed by atoms with Gasteiger partial charge < -0.3 is 5.73 Å². The molecule has 0 saturated heterocycles. The van der Waals surface area contributed by atoms with E-state index in [1.54, 1.807) is 6.20 Å². The molecule has 0 aliphatic carbocycles. The van der Waals surface area contributed by atoms with Crippen LogP contribution in [0.1, 0.15) is 44.0 Å². The molecule has 0 aliphatic rings. The summed E-state index contributed by atoms with van der Waals surface area (Å²) in [6, 6.07) is 0.130. The molecule has 0 bridgehead atoms. The summed E-state index contributed by atoms with van der Waals surface area (Å²) >= 11 is 1.41. The van der Waals surface area contributed by atoms with Gasteiger partial charge in [0.15, 0.2) is 0 Å². The van der Waals surface area contributed by atoms with Gasteiger partial charge in [-0.1, -0.05) is 31.2 Å². The largest absolute Gasteiger partial charge is 0.323 e. The van der Waals surface area contributed by atoms with Crippen molar-refractivity contribution >= 4 is 11.5 Å². The summed E-state index contributed by atoms with van der Waals surface area (Å²) in [4.78, 5) is 1.10. The Labute approximate surface area is 83.5 Å². The van der Waals surface area contributed by atoms with Crippen LogP contribution in [0.5, 0.6) is 0 Å². The number of rotatable bonds is 5. The van der Waals surface area contributed by atoms with Gasteiger partial charge in [-0.3, -0.25) is 0 Å². The Hall–Kier alpha value is -0.480. The Morgan fingerprint density at radius 2 is 2.15 bits per heavy atom. The van der Waals surface area contributed by atoms with E-state index in [-0.39, 0.29) is 6.04 Å². The molecule has 0 aromatic carbocycles. The van der Waals surface area contributed by atoms with Gasteiger partial charge in [0.1, 0.15) is 0 Å². The first-order valence-corrected chi connectivity index (χ1v) is 5.58. The van der Waals surface area contributed by atoms with Crippen molar-refractivity contribution in [2.75, 3.05) is 0 Å². The molecule has 4 heteroatoms. The number of nitrogens with two attached hydrogens (primary N) is 1. The van der Waals surface area contributed by atoms with E-state index < -0.39 is 0 Å². The average molecular weight is 199 g/mol. The summed E-state index contributed by atoms with van der Waals surface area (Å²) < 4.78 is 3.81. The van der Waals surface area contributed by atoms with E-state index in [0.717, 1.165) is 17.2 Å². The van der Waals surface area contributed by atoms with Gasteiger partial charge in [0, 0.05) is 6.04 Å². The highest BCUT2D eigenvalue weighted by molar-refractivity contribution is 7.05. The van der Waals surface area contributed by atoms with Gasteiger partial charge in [0.05, 0.1) is 11.1 Å². The molecule has 0 aliphatic heterocycles. The lowest BCUT2D eigenvalue weighted by Crippen LogP contribution is -2.13. The van der Waals surface area contributed by atoms with Crippen LogP contribution in [-0.2, 0) is 0 Å². The second-order valence-electron chi connectivity index (χ2n) is 3.34. The van der Waals surface area contributed by atoms with Gasteiger partial charge in [-0.2, -0.15) is 0 Å². The van der Waals surface area contributed by atoms with Crippen molar-refractivity contribution in [3.8, 4) is 0 Å². The first-order chi connectivity index (χ1) is 6.27. The van der Waals surface area contributed by atoms with Crippen molar-refractivity contribution in [2.45, 2.75) is 39.2 Å². The summed E-state index contributed by atoms with van der Waals surface area (Å²) in [7, 11) is 0. The highest BCUT2D eigenvalue weighted by Gasteiger charge is 2.13. The van der Waals surface area contributed by atoms with Crippen LogP contribution < -0.4 is 5.73 Å². The Kier molecular flexibility index (Phi) is 4.32. The average Bonchev–Trinajstić information content (AvgIpc) is 2.66. The summed E-state index contributed by atoms with van der Waals surface area (Å²) in [6.07, 6.45) is 5.24. The number of hydrogen-bond donors (Lipinski definition) is 1. The fourth-order valence-corrected chi connectivity index (χ4v) is 1.95. The quantitative estimate of drug-likeness (QED) is 0.792. The van der Waals surface area contributed by atoms with Crippen LogP contribution >= 0.6 is 11.5 Å². The van der Waals surface area contributed by atoms with Crippen LogP contribution in [0.4, 0.5) is 0 Å². The van der Waals surface area contributed by atoms with Crippen molar-refractivity contribution < 1.29 is 0 Å². The maximum absolute atomic E-state index is 6.02. The highest BCUT2D eigenvalue weighted by Crippen LogP contribution is 2.24. The van der Waals surface area contributed by atoms with E-state index in [4.69, 9.17) is 5.73 Å². The summed E-state index contributed by atoms with van der Waals surface area (Å²) in [5.41, 5.74) is 6.02. The van der Waals surface area contributed by atoms with Crippen LogP contribution in [0.3, 0.4) is 0 Å². The molecule has 1 aromatic rings. The molecule has 1 aromatic heterocycles. The van der Waals surface area contributed by atoms with Gasteiger partial charge >= 0.3 is 0 Å². The monoisotopic (exact) mass is 199 g/mol. The lowest BCUT2D eigenvalue weighted by molar-refractivity contribution is 0.417. The second-order valence-corrected chi connectivity index (χ2v) is 4.16. The highest BCUT2D eigenvalue weighted by atomic mass is 32.1. The number of hydrogen-bond acceptors (Lipinski definition) is 4. The van der Waals surface area contributed by atoms with E-state index in [9.17, 15) is 0 Å². The molecular weight excluding hydrogens is 182 g/mol. The minimum absolute atomic E-state index is 0.130. The molecular formula is C9H17N3S. The second kappa shape index (κ2) is 5.29. The third kappa shape index (κ3) is 3.04. The van der Waals surface area contributed by atoms with Gasteiger partial charge in [-0.25, -0.2) is 0 Å². The Morgan fingerprint density at radius 3 is 2.62 bits per heavy atom. The third-order valence-electron chi connectivity index (χ3n) is 2.49. The third-order valence-corrected chi connectivity index (χ3v) is 3.28. The molecule has 0 amide bonds. The van der Waals surface area contributed by atoms with Crippen LogP contribution in [0.25, 0.3) is 0 Å². The number of aromatic nitrogens is 2. The zero-order valence-corrected chi connectivity index (χ0v) is 9.05. The topological polar surface area (TPSA) is 51.8 Å². The number of nitrogens with zero attached hydrogens (tertiary/aromatic N) is 2. The Morgan fingerprint density at radius 1 is 1.46 bits per heavy atom. The first-order valence-electron chi connectivity index (χ1n) is 4.80. The molecule has 0 radical (unpaired) electrons. The molecule has 0 saturated carbocycles. The minimum atomic E-state index is 0.130. The molecule has 2 N–H and O–H groups in total. The van der Waals surface area contributed by atoms with Gasteiger partial charge in [-0.05, 0) is 23.9 Å². The van der Waals surface area contributed by atoms with Crippen LogP contribution in [-0.4, -0.2) is 9.59 Å². The van der Waals surface area contributed by atoms with E-state index in [1.807, 2.05) is 0 Å². The standard InChI is InChI=1S/C9H17N3S/c1-3-7(4-2)5-8(10)9-6-11-12-13-9/h6-8H,3-5,10H2,1-2H3. The lowest BCUT2D eigenvalue weighted by atomic mass is 9.95. The predicted molar refractivity (Wildman–Crippen MR) is 55.5 cm³/mol. The van der Waals surface area contributed by atoms with Crippen molar-refractivity contribution in [3.63, 3.8) is 0 Å². The predicted octanol–water partition coefficient (Wildman–Crippen LogP) is 2.36. The smallest absolute Gasteiger partial charge is 0.0669 e. The van der Waals surface area contributed by atoms with E-state index in [2.05, 4.69) is 23.4 Å². The van der Waals surface area contributed by atoms with Gasteiger partial charge in [0.2, 0.25) is 0 Å². The maximum Gasteiger partial charge on any atom is 0.0669 e. The summed E-state index contributed by atoms with van der Waals surface area (Å²) in [5.74, 6) is 0.733. The van der Waals surface area contributed by atoms with Crippen LogP contribution in [0, 0.1) is 5.92 Å². The summed E-state index contributed by atoms with van der Waals surface area (Å²) in [6.45, 7) is 4.43. The molecule has 13 heavy (non-hydrogen) atoms. The maximum atomic E-state index is 6.02. The van der Waals surface area contributed by atoms with Crippen molar-refractivity contribution in [3.05, 3.63) is 11.1 Å². The SMILES string of the molecule is CCC(CC)CC(N)c1cnns1. The van der Waals surface area contributed by atoms with Crippen LogP contribution in [0.15, 0.2) is 6.20 Å². The molecule has 1 atom stereocenters. The first kappa shape index (κ1) is 10.6. The van der Waals surface area contributed by atoms with Crippen LogP contribution in [0.2, 0.25) is 0 Å². The zero-order chi connectivity index (χ0) is 9.68. The van der Waals surface area contributed by atoms with Crippen molar-refractivity contribution in [1.29, 1.82) is 0 Å². The molecule has 74 valence electrons. The zero-order valence-electron chi connectivity index (χ0n) is 8.23. The Balaban J connectivity index is 2.45. The molecule has 1 unspecified atom stereocenters. The Bertz CT molecular complexity index is 219. The minimum Gasteiger partial charge on any atom is -0.323 e. The van der Waals surface area contributed by atoms with Gasteiger partial charge in [-0.15, -0.1) is 5.10 Å². The molecule has 1 heterocycles.